The molecule has 8 heavy (non-hydrogen) atoms. The van der Waals surface area contributed by atoms with E-state index in [4.69, 9.17) is 4.55 Å². The molecule has 1 unspecified atom stereocenters. The van der Waals surface area contributed by atoms with Crippen LogP contribution in [-0.2, 0) is 10.1 Å². The van der Waals surface area contributed by atoms with Crippen LogP contribution in [0, 0.1) is 0 Å². The van der Waals surface area contributed by atoms with Gasteiger partial charge in [-0.15, -0.1) is 0 Å². The first-order valence-corrected chi connectivity index (χ1v) is 3.41. The number of nitrogens with zero attached hydrogens (tertiary/aromatic N) is 1. The van der Waals surface area contributed by atoms with Gasteiger partial charge in [0.05, 0.1) is 0 Å². The predicted octanol–water partition coefficient (Wildman–Crippen LogP) is -0.0792. The highest BCUT2D eigenvalue weighted by atomic mass is 32.2. The van der Waals surface area contributed by atoms with E-state index >= 15 is 0 Å². The molecule has 48 valence electrons. The van der Waals surface area contributed by atoms with Gasteiger partial charge >= 0.3 is 0 Å². The molecule has 0 aliphatic carbocycles. The van der Waals surface area contributed by atoms with Gasteiger partial charge in [-0.05, 0) is 13.6 Å². The van der Waals surface area contributed by atoms with E-state index in [1.165, 1.54) is 6.92 Å². The summed E-state index contributed by atoms with van der Waals surface area (Å²) < 4.78 is 28.1. The first kappa shape index (κ1) is 7.58. The molecule has 0 aliphatic heterocycles. The average Bonchev–Trinajstić information content (AvgIpc) is 1.62. The molecule has 0 radical (unpaired) electrons. The third-order valence-corrected chi connectivity index (χ3v) is 1.70. The van der Waals surface area contributed by atoms with Gasteiger partial charge in [0.1, 0.15) is 0 Å². The van der Waals surface area contributed by atoms with Gasteiger partial charge in [-0.25, -0.2) is 0 Å². The largest absolute Gasteiger partial charge is 0.287 e. The maximum absolute atomic E-state index is 9.98. The van der Waals surface area contributed by atoms with Gasteiger partial charge in [0.25, 0.3) is 10.1 Å². The van der Waals surface area contributed by atoms with Crippen molar-refractivity contribution in [3.05, 3.63) is 0 Å². The van der Waals surface area contributed by atoms with Gasteiger partial charge in [-0.2, -0.15) is 8.42 Å². The van der Waals surface area contributed by atoms with Crippen LogP contribution >= 0.6 is 0 Å². The second-order valence-corrected chi connectivity index (χ2v) is 3.01. The molecule has 1 atom stereocenters. The molecule has 0 saturated heterocycles. The fourth-order valence-corrected chi connectivity index (χ4v) is 0.283. The lowest BCUT2D eigenvalue weighted by Crippen LogP contribution is -2.12. The Balaban J connectivity index is 4.26. The van der Waals surface area contributed by atoms with Crippen molar-refractivity contribution in [1.82, 2.24) is 0 Å². The minimum absolute atomic E-state index is 1.11. The lowest BCUT2D eigenvalue weighted by Gasteiger charge is -1.96. The van der Waals surface area contributed by atoms with E-state index in [0.717, 1.165) is 0 Å². The van der Waals surface area contributed by atoms with Crippen LogP contribution in [0.5, 0.6) is 0 Å². The monoisotopic (exact) mass is 137 g/mol. The quantitative estimate of drug-likeness (QED) is 0.427. The molecule has 4 nitrogen and oxygen atoms in total. The van der Waals surface area contributed by atoms with Crippen LogP contribution in [0.15, 0.2) is 4.99 Å². The molecule has 0 rings (SSSR count). The first-order valence-electron chi connectivity index (χ1n) is 1.90. The molecule has 0 aromatic carbocycles. The van der Waals surface area contributed by atoms with E-state index < -0.39 is 15.5 Å². The Kier molecular flexibility index (Phi) is 2.12. The highest BCUT2D eigenvalue weighted by Gasteiger charge is 2.12. The van der Waals surface area contributed by atoms with Gasteiger partial charge in [0, 0.05) is 0 Å². The summed E-state index contributed by atoms with van der Waals surface area (Å²) in [6.07, 6.45) is 0. The van der Waals surface area contributed by atoms with E-state index in [0.29, 0.717) is 0 Å². The van der Waals surface area contributed by atoms with Crippen molar-refractivity contribution in [3.63, 3.8) is 0 Å². The Bertz CT molecular complexity index is 171. The fourth-order valence-electron chi connectivity index (χ4n) is 0.0942. The average molecular weight is 137 g/mol. The van der Waals surface area contributed by atoms with Crippen LogP contribution in [0.4, 0.5) is 0 Å². The van der Waals surface area contributed by atoms with Gasteiger partial charge in [-0.1, -0.05) is 0 Å². The summed E-state index contributed by atoms with van der Waals surface area (Å²) in [5.41, 5.74) is 0. The van der Waals surface area contributed by atoms with Crippen molar-refractivity contribution < 1.29 is 13.0 Å². The topological polar surface area (TPSA) is 66.7 Å². The molecule has 0 heterocycles. The summed E-state index contributed by atoms with van der Waals surface area (Å²) in [5.74, 6) is 0. The van der Waals surface area contributed by atoms with Gasteiger partial charge in [0.2, 0.25) is 0 Å². The van der Waals surface area contributed by atoms with Crippen molar-refractivity contribution >= 4 is 16.8 Å². The zero-order chi connectivity index (χ0) is 6.78. The van der Waals surface area contributed by atoms with Gasteiger partial charge in [-0.3, -0.25) is 9.55 Å². The van der Waals surface area contributed by atoms with Crippen molar-refractivity contribution in [2.45, 2.75) is 12.3 Å². The molecule has 0 saturated carbocycles. The van der Waals surface area contributed by atoms with Gasteiger partial charge in [0.15, 0.2) is 5.37 Å². The van der Waals surface area contributed by atoms with Crippen LogP contribution in [0.2, 0.25) is 0 Å². The Labute approximate surface area is 48.0 Å². The fraction of sp³-hybridized carbons (Fsp3) is 0.667. The van der Waals surface area contributed by atoms with E-state index in [9.17, 15) is 8.42 Å². The molecule has 0 aromatic rings. The molecule has 5 heteroatoms. The van der Waals surface area contributed by atoms with Crippen LogP contribution in [0.1, 0.15) is 6.92 Å². The third kappa shape index (κ3) is 2.04. The number of rotatable bonds is 2. The SMILES string of the molecule is C=NC(C)S(=O)(=O)O. The molecular formula is C3H7NO3S. The maximum atomic E-state index is 9.98. The van der Waals surface area contributed by atoms with Crippen LogP contribution in [-0.4, -0.2) is 25.1 Å². The Morgan fingerprint density at radius 1 is 1.75 bits per heavy atom. The zero-order valence-electron chi connectivity index (χ0n) is 4.40. The number of aliphatic imine (C=N–C) groups is 1. The minimum atomic E-state index is -3.98. The molecule has 1 N–H and O–H groups in total. The summed E-state index contributed by atoms with van der Waals surface area (Å²) in [6.45, 7) is 4.18. The van der Waals surface area contributed by atoms with Crippen LogP contribution in [0.3, 0.4) is 0 Å². The summed E-state index contributed by atoms with van der Waals surface area (Å²) >= 11 is 0. The van der Waals surface area contributed by atoms with E-state index in [1.807, 2.05) is 0 Å². The molecule has 0 spiro atoms. The van der Waals surface area contributed by atoms with E-state index in [-0.39, 0.29) is 0 Å². The highest BCUT2D eigenvalue weighted by Crippen LogP contribution is 1.95. The molecule has 0 bridgehead atoms. The smallest absolute Gasteiger partial charge is 0.284 e. The van der Waals surface area contributed by atoms with Crippen LogP contribution in [0.25, 0.3) is 0 Å². The third-order valence-electron chi connectivity index (χ3n) is 0.688. The Hall–Kier alpha value is -0.420. The minimum Gasteiger partial charge on any atom is -0.284 e. The predicted molar refractivity (Wildman–Crippen MR) is 30.6 cm³/mol. The Morgan fingerprint density at radius 2 is 2.12 bits per heavy atom. The molecule has 0 aliphatic rings. The highest BCUT2D eigenvalue weighted by molar-refractivity contribution is 7.86. The van der Waals surface area contributed by atoms with Crippen molar-refractivity contribution in [2.75, 3.05) is 0 Å². The van der Waals surface area contributed by atoms with Crippen molar-refractivity contribution in [3.8, 4) is 0 Å². The van der Waals surface area contributed by atoms with Crippen molar-refractivity contribution in [2.24, 2.45) is 4.99 Å². The summed E-state index contributed by atoms with van der Waals surface area (Å²) in [4.78, 5) is 3.07. The standard InChI is InChI=1S/C3H7NO3S/c1-3(4-2)8(5,6)7/h3H,2H2,1H3,(H,5,6,7). The lowest BCUT2D eigenvalue weighted by atomic mass is 10.8. The summed E-state index contributed by atoms with van der Waals surface area (Å²) in [6, 6.07) is 0. The summed E-state index contributed by atoms with van der Waals surface area (Å²) in [5, 5.41) is -1.11. The molecule has 0 aromatic heterocycles. The van der Waals surface area contributed by atoms with Crippen LogP contribution < -0.4 is 0 Å². The Morgan fingerprint density at radius 3 is 2.12 bits per heavy atom. The second-order valence-electron chi connectivity index (χ2n) is 1.30. The molecule has 0 amide bonds. The number of hydrogen-bond acceptors (Lipinski definition) is 3. The van der Waals surface area contributed by atoms with Crippen molar-refractivity contribution in [1.29, 1.82) is 0 Å². The van der Waals surface area contributed by atoms with Gasteiger partial charge < -0.3 is 0 Å². The maximum Gasteiger partial charge on any atom is 0.287 e. The lowest BCUT2D eigenvalue weighted by molar-refractivity contribution is 0.472. The normalized spacial score (nSPS) is 15.2. The summed E-state index contributed by atoms with van der Waals surface area (Å²) in [7, 11) is -3.98. The molecule has 0 fully saturated rings. The van der Waals surface area contributed by atoms with E-state index in [2.05, 4.69) is 11.7 Å². The first-order chi connectivity index (χ1) is 3.48. The second kappa shape index (κ2) is 2.23. The number of hydrogen-bond donors (Lipinski definition) is 1. The molecular weight excluding hydrogens is 130 g/mol. The zero-order valence-corrected chi connectivity index (χ0v) is 5.22. The van der Waals surface area contributed by atoms with E-state index in [1.54, 1.807) is 0 Å².